The first-order valence-electron chi connectivity index (χ1n) is 10.8. The van der Waals surface area contributed by atoms with E-state index in [1.807, 2.05) is 6.92 Å². The standard InChI is InChI=1S/C23H22F3N5O4S/c1-13-6-28-21(36-13)16-3-15(4-18(5-16)35-11-17-10-34-12-19(32)31(17)2)20(33)27-7-14-8-29-22(30-9-14)23(24,25)26/h3-6,8-9,17H,7,10-12H2,1-2H3,(H,27,33). The number of carbonyl (C=O) groups is 2. The molecule has 3 aromatic rings. The van der Waals surface area contributed by atoms with Gasteiger partial charge in [0.25, 0.3) is 5.91 Å². The molecule has 2 amide bonds. The third-order valence-electron chi connectivity index (χ3n) is 5.37. The number of carbonyl (C=O) groups excluding carboxylic acids is 2. The molecule has 1 saturated heterocycles. The number of aromatic nitrogens is 3. The number of amides is 2. The zero-order chi connectivity index (χ0) is 25.9. The molecule has 13 heteroatoms. The van der Waals surface area contributed by atoms with Crippen molar-refractivity contribution in [3.05, 3.63) is 58.6 Å². The van der Waals surface area contributed by atoms with E-state index in [-0.39, 0.29) is 37.3 Å². The van der Waals surface area contributed by atoms with E-state index >= 15 is 0 Å². The summed E-state index contributed by atoms with van der Waals surface area (Å²) in [7, 11) is 1.68. The summed E-state index contributed by atoms with van der Waals surface area (Å²) in [6, 6.07) is 4.68. The Morgan fingerprint density at radius 1 is 1.22 bits per heavy atom. The number of hydrogen-bond acceptors (Lipinski definition) is 8. The highest BCUT2D eigenvalue weighted by Gasteiger charge is 2.34. The first-order chi connectivity index (χ1) is 17.1. The highest BCUT2D eigenvalue weighted by molar-refractivity contribution is 7.14. The zero-order valence-electron chi connectivity index (χ0n) is 19.3. The minimum atomic E-state index is -4.64. The summed E-state index contributed by atoms with van der Waals surface area (Å²) in [6.07, 6.45) is -0.886. The van der Waals surface area contributed by atoms with E-state index < -0.39 is 17.9 Å². The highest BCUT2D eigenvalue weighted by Crippen LogP contribution is 2.30. The maximum Gasteiger partial charge on any atom is 0.451 e. The van der Waals surface area contributed by atoms with Gasteiger partial charge in [-0.1, -0.05) is 0 Å². The number of rotatable bonds is 7. The third kappa shape index (κ3) is 6.15. The van der Waals surface area contributed by atoms with Crippen LogP contribution in [0.4, 0.5) is 13.2 Å². The van der Waals surface area contributed by atoms with Crippen LogP contribution in [0.25, 0.3) is 10.6 Å². The van der Waals surface area contributed by atoms with Crippen molar-refractivity contribution in [1.82, 2.24) is 25.2 Å². The molecule has 1 aliphatic rings. The number of halogens is 3. The average molecular weight is 522 g/mol. The first-order valence-corrected chi connectivity index (χ1v) is 11.6. The van der Waals surface area contributed by atoms with E-state index in [4.69, 9.17) is 9.47 Å². The maximum atomic E-state index is 12.9. The molecule has 2 aromatic heterocycles. The van der Waals surface area contributed by atoms with Gasteiger partial charge in [-0.25, -0.2) is 15.0 Å². The van der Waals surface area contributed by atoms with Crippen LogP contribution >= 0.6 is 11.3 Å². The molecular formula is C23H22F3N5O4S. The monoisotopic (exact) mass is 521 g/mol. The number of ether oxygens (including phenoxy) is 2. The minimum Gasteiger partial charge on any atom is -0.491 e. The van der Waals surface area contributed by atoms with Crippen LogP contribution in [0.3, 0.4) is 0 Å². The van der Waals surface area contributed by atoms with Gasteiger partial charge < -0.3 is 19.7 Å². The molecule has 1 aliphatic heterocycles. The molecular weight excluding hydrogens is 499 g/mol. The number of aryl methyl sites for hydroxylation is 1. The number of nitrogens with zero attached hydrogens (tertiary/aromatic N) is 4. The second-order valence-electron chi connectivity index (χ2n) is 8.10. The van der Waals surface area contributed by atoms with Crippen LogP contribution in [0.2, 0.25) is 0 Å². The van der Waals surface area contributed by atoms with Crippen molar-refractivity contribution in [2.24, 2.45) is 0 Å². The number of thiazole rings is 1. The van der Waals surface area contributed by atoms with Gasteiger partial charge in [-0.15, -0.1) is 11.3 Å². The molecule has 1 aromatic carbocycles. The van der Waals surface area contributed by atoms with Gasteiger partial charge in [-0.05, 0) is 25.1 Å². The van der Waals surface area contributed by atoms with Crippen LogP contribution in [0.1, 0.15) is 26.6 Å². The summed E-state index contributed by atoms with van der Waals surface area (Å²) in [5, 5.41) is 3.35. The molecule has 0 bridgehead atoms. The Hall–Kier alpha value is -3.58. The summed E-state index contributed by atoms with van der Waals surface area (Å²) in [4.78, 5) is 38.3. The van der Waals surface area contributed by atoms with E-state index in [1.54, 1.807) is 36.3 Å². The smallest absolute Gasteiger partial charge is 0.451 e. The number of alkyl halides is 3. The predicted molar refractivity (Wildman–Crippen MR) is 123 cm³/mol. The van der Waals surface area contributed by atoms with E-state index in [9.17, 15) is 22.8 Å². The predicted octanol–water partition coefficient (Wildman–Crippen LogP) is 3.09. The van der Waals surface area contributed by atoms with Crippen molar-refractivity contribution >= 4 is 23.2 Å². The largest absolute Gasteiger partial charge is 0.491 e. The Labute approximate surface area is 208 Å². The molecule has 9 nitrogen and oxygen atoms in total. The molecule has 1 atom stereocenters. The molecule has 3 heterocycles. The minimum absolute atomic E-state index is 0.0280. The van der Waals surface area contributed by atoms with Crippen LogP contribution in [0.5, 0.6) is 5.75 Å². The SMILES string of the molecule is Cc1cnc(-c2cc(OCC3COCC(=O)N3C)cc(C(=O)NCc3cnc(C(F)(F)F)nc3)c2)s1. The van der Waals surface area contributed by atoms with Gasteiger partial charge in [0.2, 0.25) is 11.7 Å². The quantitative estimate of drug-likeness (QED) is 0.509. The summed E-state index contributed by atoms with van der Waals surface area (Å²) in [6.45, 7) is 2.36. The maximum absolute atomic E-state index is 12.9. The summed E-state index contributed by atoms with van der Waals surface area (Å²) in [5.74, 6) is -1.46. The first kappa shape index (κ1) is 25.5. The molecule has 0 spiro atoms. The lowest BCUT2D eigenvalue weighted by Crippen LogP contribution is -2.49. The van der Waals surface area contributed by atoms with Crippen molar-refractivity contribution in [2.75, 3.05) is 26.9 Å². The van der Waals surface area contributed by atoms with Gasteiger partial charge in [0.05, 0.1) is 12.6 Å². The van der Waals surface area contributed by atoms with E-state index in [0.29, 0.717) is 28.5 Å². The second kappa shape index (κ2) is 10.6. The zero-order valence-corrected chi connectivity index (χ0v) is 20.2. The molecule has 0 aliphatic carbocycles. The van der Waals surface area contributed by atoms with Crippen molar-refractivity contribution < 1.29 is 32.2 Å². The van der Waals surface area contributed by atoms with Gasteiger partial charge in [-0.2, -0.15) is 13.2 Å². The van der Waals surface area contributed by atoms with Gasteiger partial charge in [0, 0.05) is 53.8 Å². The number of likely N-dealkylation sites (N-methyl/N-ethyl adjacent to an activating group) is 1. The Kier molecular flexibility index (Phi) is 7.50. The van der Waals surface area contributed by atoms with E-state index in [2.05, 4.69) is 20.3 Å². The van der Waals surface area contributed by atoms with Crippen molar-refractivity contribution in [3.8, 4) is 16.3 Å². The van der Waals surface area contributed by atoms with Crippen molar-refractivity contribution in [1.29, 1.82) is 0 Å². The van der Waals surface area contributed by atoms with Gasteiger partial charge >= 0.3 is 6.18 Å². The molecule has 36 heavy (non-hydrogen) atoms. The fourth-order valence-corrected chi connectivity index (χ4v) is 4.11. The number of morpholine rings is 1. The van der Waals surface area contributed by atoms with E-state index in [1.165, 1.54) is 11.3 Å². The average Bonchev–Trinajstić information content (AvgIpc) is 3.29. The highest BCUT2D eigenvalue weighted by atomic mass is 32.1. The summed E-state index contributed by atoms with van der Waals surface area (Å²) >= 11 is 1.45. The Bertz CT molecular complexity index is 1250. The van der Waals surface area contributed by atoms with Gasteiger partial charge in [0.15, 0.2) is 0 Å². The fourth-order valence-electron chi connectivity index (χ4n) is 3.35. The fraction of sp³-hybridized carbons (Fsp3) is 0.348. The van der Waals surface area contributed by atoms with Gasteiger partial charge in [-0.3, -0.25) is 9.59 Å². The lowest BCUT2D eigenvalue weighted by Gasteiger charge is -2.32. The topological polar surface area (TPSA) is 107 Å². The Morgan fingerprint density at radius 3 is 2.64 bits per heavy atom. The number of hydrogen-bond donors (Lipinski definition) is 1. The number of nitrogens with one attached hydrogen (secondary N) is 1. The van der Waals surface area contributed by atoms with Crippen molar-refractivity contribution in [3.63, 3.8) is 0 Å². The van der Waals surface area contributed by atoms with Crippen LogP contribution < -0.4 is 10.1 Å². The van der Waals surface area contributed by atoms with Crippen LogP contribution in [0, 0.1) is 6.92 Å². The molecule has 0 radical (unpaired) electrons. The van der Waals surface area contributed by atoms with Crippen LogP contribution in [-0.4, -0.2) is 64.6 Å². The lowest BCUT2D eigenvalue weighted by molar-refractivity contribution is -0.147. The Balaban J connectivity index is 1.50. The molecule has 0 saturated carbocycles. The molecule has 4 rings (SSSR count). The molecule has 1 N–H and O–H groups in total. The number of benzene rings is 1. The van der Waals surface area contributed by atoms with E-state index in [0.717, 1.165) is 17.3 Å². The van der Waals surface area contributed by atoms with Crippen LogP contribution in [0.15, 0.2) is 36.8 Å². The van der Waals surface area contributed by atoms with Crippen molar-refractivity contribution in [2.45, 2.75) is 25.7 Å². The third-order valence-corrected chi connectivity index (χ3v) is 6.33. The Morgan fingerprint density at radius 2 is 1.97 bits per heavy atom. The normalized spacial score (nSPS) is 16.2. The van der Waals surface area contributed by atoms with Gasteiger partial charge in [0.1, 0.15) is 24.0 Å². The van der Waals surface area contributed by atoms with Crippen LogP contribution in [-0.2, 0) is 22.3 Å². The summed E-state index contributed by atoms with van der Waals surface area (Å²) in [5.41, 5.74) is 1.25. The molecule has 1 unspecified atom stereocenters. The molecule has 190 valence electrons. The second-order valence-corrected chi connectivity index (χ2v) is 9.34. The lowest BCUT2D eigenvalue weighted by atomic mass is 10.1. The molecule has 1 fully saturated rings. The summed E-state index contributed by atoms with van der Waals surface area (Å²) < 4.78 is 49.2.